The molecule has 0 saturated carbocycles. The molecule has 0 spiro atoms. The van der Waals surface area contributed by atoms with Crippen LogP contribution in [0.5, 0.6) is 0 Å². The first-order valence-corrected chi connectivity index (χ1v) is 7.29. The summed E-state index contributed by atoms with van der Waals surface area (Å²) in [5.74, 6) is -0.597. The Morgan fingerprint density at radius 2 is 2.05 bits per heavy atom. The van der Waals surface area contributed by atoms with Gasteiger partial charge >= 0.3 is 0 Å². The zero-order chi connectivity index (χ0) is 14.9. The number of aliphatic hydroxyl groups is 1. The van der Waals surface area contributed by atoms with E-state index in [-0.39, 0.29) is 18.8 Å². The summed E-state index contributed by atoms with van der Waals surface area (Å²) in [6.45, 7) is -0.121. The van der Waals surface area contributed by atoms with E-state index in [1.54, 1.807) is 19.2 Å². The molecule has 6 nitrogen and oxygen atoms in total. The Kier molecular flexibility index (Phi) is 4.56. The molecule has 1 heterocycles. The average molecular weight is 405 g/mol. The molecule has 2 N–H and O–H groups in total. The van der Waals surface area contributed by atoms with Gasteiger partial charge in [0.15, 0.2) is 5.69 Å². The minimum absolute atomic E-state index is 0.0751. The molecule has 1 amide bonds. The third kappa shape index (κ3) is 2.77. The number of amides is 1. The number of aryl methyl sites for hydroxylation is 1. The second-order valence-corrected chi connectivity index (χ2v) is 5.77. The Hall–Kier alpha value is -1.25. The Morgan fingerprint density at radius 3 is 2.70 bits per heavy atom. The third-order valence-corrected chi connectivity index (χ3v) is 4.55. The van der Waals surface area contributed by atoms with Crippen molar-refractivity contribution < 1.29 is 9.90 Å². The van der Waals surface area contributed by atoms with Gasteiger partial charge in [-0.1, -0.05) is 0 Å². The summed E-state index contributed by atoms with van der Waals surface area (Å²) in [6, 6.07) is 3.40. The predicted octanol–water partition coefficient (Wildman–Crippen LogP) is 1.18. The van der Waals surface area contributed by atoms with Gasteiger partial charge in [0, 0.05) is 22.5 Å². The maximum Gasteiger partial charge on any atom is 0.275 e. The largest absolute Gasteiger partial charge is 0.395 e. The number of carbonyl (C=O) groups excluding carboxylic acids is 1. The number of nitrogens with zero attached hydrogens (tertiary/aromatic N) is 2. The van der Waals surface area contributed by atoms with Gasteiger partial charge in [-0.2, -0.15) is 5.10 Å². The van der Waals surface area contributed by atoms with E-state index in [2.05, 4.69) is 42.3 Å². The van der Waals surface area contributed by atoms with Crippen LogP contribution in [0.3, 0.4) is 0 Å². The van der Waals surface area contributed by atoms with Crippen LogP contribution >= 0.6 is 31.9 Å². The average Bonchev–Trinajstić information content (AvgIpc) is 2.42. The number of aromatic nitrogens is 2. The highest BCUT2D eigenvalue weighted by Gasteiger charge is 2.17. The lowest BCUT2D eigenvalue weighted by molar-refractivity contribution is 0.0937. The fraction of sp³-hybridized carbons (Fsp3) is 0.250. The summed E-state index contributed by atoms with van der Waals surface area (Å²) in [4.78, 5) is 24.2. The third-order valence-electron chi connectivity index (χ3n) is 2.71. The first-order chi connectivity index (χ1) is 9.45. The minimum atomic E-state index is -0.597. The van der Waals surface area contributed by atoms with Gasteiger partial charge in [0.05, 0.1) is 17.5 Å². The van der Waals surface area contributed by atoms with Crippen molar-refractivity contribution in [3.8, 4) is 0 Å². The molecule has 1 aromatic heterocycles. The van der Waals surface area contributed by atoms with Crippen LogP contribution in [-0.4, -0.2) is 33.9 Å². The van der Waals surface area contributed by atoms with E-state index in [9.17, 15) is 9.59 Å². The normalized spacial score (nSPS) is 10.8. The molecule has 0 fully saturated rings. The molecule has 1 aromatic carbocycles. The van der Waals surface area contributed by atoms with Crippen molar-refractivity contribution in [3.63, 3.8) is 0 Å². The molecule has 0 aliphatic rings. The summed E-state index contributed by atoms with van der Waals surface area (Å²) in [6.07, 6.45) is 0. The van der Waals surface area contributed by atoms with Crippen molar-refractivity contribution in [2.24, 2.45) is 7.05 Å². The summed E-state index contributed by atoms with van der Waals surface area (Å²) in [5.41, 5.74) is -0.0202. The molecule has 0 unspecified atom stereocenters. The fourth-order valence-corrected chi connectivity index (χ4v) is 2.44. The van der Waals surface area contributed by atoms with Crippen LogP contribution in [0.25, 0.3) is 10.9 Å². The number of halogens is 2. The first kappa shape index (κ1) is 15.1. The Morgan fingerprint density at radius 1 is 1.40 bits per heavy atom. The monoisotopic (exact) mass is 403 g/mol. The zero-order valence-electron chi connectivity index (χ0n) is 10.5. The number of carbonyl (C=O) groups is 1. The van der Waals surface area contributed by atoms with Crippen LogP contribution in [0.2, 0.25) is 0 Å². The van der Waals surface area contributed by atoms with Crippen molar-refractivity contribution in [2.75, 3.05) is 13.2 Å². The molecule has 106 valence electrons. The molecule has 0 aliphatic heterocycles. The highest BCUT2D eigenvalue weighted by molar-refractivity contribution is 9.13. The Bertz CT molecular complexity index is 743. The molecule has 2 aromatic rings. The van der Waals surface area contributed by atoms with E-state index in [1.165, 1.54) is 4.68 Å². The standard InChI is InChI=1S/C12H11Br2N3O3/c1-17-9-5-8(14)7(13)4-6(9)11(19)10(16-17)12(20)15-2-3-18/h4-5,18H,2-3H2,1H3,(H,15,20). The topological polar surface area (TPSA) is 84.2 Å². The van der Waals surface area contributed by atoms with Gasteiger partial charge in [0.25, 0.3) is 5.91 Å². The molecule has 0 bridgehead atoms. The Labute approximate surface area is 131 Å². The highest BCUT2D eigenvalue weighted by atomic mass is 79.9. The first-order valence-electron chi connectivity index (χ1n) is 5.71. The molecule has 20 heavy (non-hydrogen) atoms. The summed E-state index contributed by atoms with van der Waals surface area (Å²) < 4.78 is 2.98. The van der Waals surface area contributed by atoms with Gasteiger partial charge < -0.3 is 10.4 Å². The van der Waals surface area contributed by atoms with Crippen LogP contribution < -0.4 is 10.7 Å². The molecule has 0 saturated heterocycles. The SMILES string of the molecule is Cn1nc(C(=O)NCCO)c(=O)c2cc(Br)c(Br)cc21. The van der Waals surface area contributed by atoms with Gasteiger partial charge in [0.1, 0.15) is 0 Å². The molecule has 0 atom stereocenters. The number of aliphatic hydroxyl groups excluding tert-OH is 1. The van der Waals surface area contributed by atoms with Gasteiger partial charge in [-0.25, -0.2) is 0 Å². The summed E-state index contributed by atoms with van der Waals surface area (Å²) in [7, 11) is 1.66. The Balaban J connectivity index is 2.65. The number of fused-ring (bicyclic) bond motifs is 1. The second kappa shape index (κ2) is 6.02. The lowest BCUT2D eigenvalue weighted by Crippen LogP contribution is -2.33. The number of nitrogens with one attached hydrogen (secondary N) is 1. The van der Waals surface area contributed by atoms with Gasteiger partial charge in [-0.3, -0.25) is 14.3 Å². The molecular weight excluding hydrogens is 394 g/mol. The van der Waals surface area contributed by atoms with Crippen LogP contribution in [-0.2, 0) is 7.05 Å². The quantitative estimate of drug-likeness (QED) is 0.804. The summed E-state index contributed by atoms with van der Waals surface area (Å²) in [5, 5.41) is 15.5. The van der Waals surface area contributed by atoms with Crippen molar-refractivity contribution in [1.29, 1.82) is 0 Å². The molecule has 8 heteroatoms. The second-order valence-electron chi connectivity index (χ2n) is 4.06. The van der Waals surface area contributed by atoms with E-state index in [1.807, 2.05) is 0 Å². The number of hydrogen-bond donors (Lipinski definition) is 2. The zero-order valence-corrected chi connectivity index (χ0v) is 13.7. The van der Waals surface area contributed by atoms with Gasteiger partial charge in [-0.05, 0) is 44.0 Å². The fourth-order valence-electron chi connectivity index (χ4n) is 1.76. The summed E-state index contributed by atoms with van der Waals surface area (Å²) >= 11 is 6.69. The maximum atomic E-state index is 12.3. The van der Waals surface area contributed by atoms with Gasteiger partial charge in [0.2, 0.25) is 5.43 Å². The van der Waals surface area contributed by atoms with E-state index in [0.29, 0.717) is 10.9 Å². The smallest absolute Gasteiger partial charge is 0.275 e. The van der Waals surface area contributed by atoms with Crippen molar-refractivity contribution in [3.05, 3.63) is 37.0 Å². The van der Waals surface area contributed by atoms with Crippen LogP contribution in [0.4, 0.5) is 0 Å². The molecular formula is C12H11Br2N3O3. The van der Waals surface area contributed by atoms with E-state index in [0.717, 1.165) is 8.95 Å². The van der Waals surface area contributed by atoms with E-state index in [4.69, 9.17) is 5.11 Å². The van der Waals surface area contributed by atoms with Gasteiger partial charge in [-0.15, -0.1) is 0 Å². The molecule has 2 rings (SSSR count). The van der Waals surface area contributed by atoms with Crippen LogP contribution in [0, 0.1) is 0 Å². The van der Waals surface area contributed by atoms with Crippen molar-refractivity contribution in [2.45, 2.75) is 0 Å². The van der Waals surface area contributed by atoms with E-state index >= 15 is 0 Å². The number of hydrogen-bond acceptors (Lipinski definition) is 4. The molecule has 0 aliphatic carbocycles. The van der Waals surface area contributed by atoms with Crippen molar-refractivity contribution in [1.82, 2.24) is 15.1 Å². The lowest BCUT2D eigenvalue weighted by Gasteiger charge is -2.09. The number of rotatable bonds is 3. The predicted molar refractivity (Wildman–Crippen MR) is 81.8 cm³/mol. The highest BCUT2D eigenvalue weighted by Crippen LogP contribution is 2.26. The van der Waals surface area contributed by atoms with Crippen LogP contribution in [0.15, 0.2) is 25.9 Å². The van der Waals surface area contributed by atoms with Crippen molar-refractivity contribution >= 4 is 48.7 Å². The van der Waals surface area contributed by atoms with Crippen LogP contribution in [0.1, 0.15) is 10.5 Å². The maximum absolute atomic E-state index is 12.3. The van der Waals surface area contributed by atoms with E-state index < -0.39 is 11.3 Å². The minimum Gasteiger partial charge on any atom is -0.395 e. The number of benzene rings is 1. The molecule has 0 radical (unpaired) electrons. The lowest BCUT2D eigenvalue weighted by atomic mass is 10.2.